The quantitative estimate of drug-likeness (QED) is 0.877. The summed E-state index contributed by atoms with van der Waals surface area (Å²) in [5.74, 6) is 0.278. The van der Waals surface area contributed by atoms with Crippen molar-refractivity contribution in [3.8, 4) is 5.75 Å². The van der Waals surface area contributed by atoms with E-state index in [1.807, 2.05) is 37.3 Å². The summed E-state index contributed by atoms with van der Waals surface area (Å²) in [6.45, 7) is 2.29. The van der Waals surface area contributed by atoms with Crippen LogP contribution in [0.15, 0.2) is 42.5 Å². The normalized spacial score (nSPS) is 14.1. The number of rotatable bonds is 5. The zero-order valence-electron chi connectivity index (χ0n) is 14.2. The molecule has 1 aliphatic rings. The Bertz CT molecular complexity index is 804. The third-order valence-electron chi connectivity index (χ3n) is 4.05. The van der Waals surface area contributed by atoms with Crippen LogP contribution < -0.4 is 15.4 Å². The van der Waals surface area contributed by atoms with Crippen LogP contribution in [0.5, 0.6) is 5.75 Å². The van der Waals surface area contributed by atoms with Crippen LogP contribution in [0.2, 0.25) is 0 Å². The topological polar surface area (TPSA) is 76.7 Å². The van der Waals surface area contributed by atoms with E-state index < -0.39 is 0 Å². The third kappa shape index (κ3) is 3.80. The minimum Gasteiger partial charge on any atom is -0.482 e. The Hall–Kier alpha value is -2.86. The largest absolute Gasteiger partial charge is 0.482 e. The molecule has 0 unspecified atom stereocenters. The van der Waals surface area contributed by atoms with Gasteiger partial charge < -0.3 is 20.1 Å². The SMILES string of the molecule is COCc1ccccc1C(=O)N[C@H](C)c1ccc2c(c1)NC(=O)CO2. The third-order valence-corrected chi connectivity index (χ3v) is 4.05. The molecule has 0 bridgehead atoms. The van der Waals surface area contributed by atoms with E-state index in [1.54, 1.807) is 19.2 Å². The fourth-order valence-electron chi connectivity index (χ4n) is 2.75. The van der Waals surface area contributed by atoms with Gasteiger partial charge >= 0.3 is 0 Å². The lowest BCUT2D eigenvalue weighted by Crippen LogP contribution is -2.28. The van der Waals surface area contributed by atoms with E-state index in [4.69, 9.17) is 9.47 Å². The summed E-state index contributed by atoms with van der Waals surface area (Å²) in [5, 5.41) is 5.75. The molecule has 3 rings (SSSR count). The van der Waals surface area contributed by atoms with Crippen LogP contribution in [-0.4, -0.2) is 25.5 Å². The molecule has 0 saturated carbocycles. The van der Waals surface area contributed by atoms with Crippen LogP contribution in [0.4, 0.5) is 5.69 Å². The highest BCUT2D eigenvalue weighted by Crippen LogP contribution is 2.30. The predicted molar refractivity (Wildman–Crippen MR) is 93.6 cm³/mol. The lowest BCUT2D eigenvalue weighted by molar-refractivity contribution is -0.118. The number of hydrogen-bond acceptors (Lipinski definition) is 4. The minimum atomic E-state index is -0.229. The molecule has 0 fully saturated rings. The van der Waals surface area contributed by atoms with Gasteiger partial charge in [0.15, 0.2) is 6.61 Å². The van der Waals surface area contributed by atoms with Gasteiger partial charge in [-0.05, 0) is 36.2 Å². The number of nitrogens with one attached hydrogen (secondary N) is 2. The second kappa shape index (κ2) is 7.36. The average molecular weight is 340 g/mol. The van der Waals surface area contributed by atoms with Gasteiger partial charge in [0, 0.05) is 12.7 Å². The van der Waals surface area contributed by atoms with Crippen LogP contribution in [0.25, 0.3) is 0 Å². The van der Waals surface area contributed by atoms with Gasteiger partial charge in [0.2, 0.25) is 0 Å². The number of fused-ring (bicyclic) bond motifs is 1. The van der Waals surface area contributed by atoms with Crippen LogP contribution in [0.1, 0.15) is 34.5 Å². The molecule has 2 amide bonds. The van der Waals surface area contributed by atoms with Crippen molar-refractivity contribution >= 4 is 17.5 Å². The lowest BCUT2D eigenvalue weighted by Gasteiger charge is -2.21. The summed E-state index contributed by atoms with van der Waals surface area (Å²) in [4.78, 5) is 24.1. The molecule has 6 nitrogen and oxygen atoms in total. The van der Waals surface area contributed by atoms with Gasteiger partial charge in [-0.2, -0.15) is 0 Å². The number of anilines is 1. The highest BCUT2D eigenvalue weighted by Gasteiger charge is 2.19. The Kier molecular flexibility index (Phi) is 5.00. The number of benzene rings is 2. The van der Waals surface area contributed by atoms with E-state index in [-0.39, 0.29) is 24.5 Å². The fourth-order valence-corrected chi connectivity index (χ4v) is 2.75. The molecule has 0 aliphatic carbocycles. The van der Waals surface area contributed by atoms with Crippen LogP contribution in [0, 0.1) is 0 Å². The van der Waals surface area contributed by atoms with Crippen molar-refractivity contribution in [1.29, 1.82) is 0 Å². The molecular weight excluding hydrogens is 320 g/mol. The number of carbonyl (C=O) groups excluding carboxylic acids is 2. The van der Waals surface area contributed by atoms with Crippen molar-refractivity contribution < 1.29 is 19.1 Å². The van der Waals surface area contributed by atoms with Gasteiger partial charge in [0.05, 0.1) is 18.3 Å². The standard InChI is InChI=1S/C19H20N2O4/c1-12(13-7-8-17-16(9-13)21-18(22)11-25-17)20-19(23)15-6-4-3-5-14(15)10-24-2/h3-9,12H,10-11H2,1-2H3,(H,20,23)(H,21,22)/t12-/m1/s1. The first-order chi connectivity index (χ1) is 12.1. The second-order valence-electron chi connectivity index (χ2n) is 5.88. The molecule has 0 aromatic heterocycles. The van der Waals surface area contributed by atoms with E-state index in [2.05, 4.69) is 10.6 Å². The lowest BCUT2D eigenvalue weighted by atomic mass is 10.0. The molecule has 1 aliphatic heterocycles. The van der Waals surface area contributed by atoms with Crippen molar-refractivity contribution in [2.75, 3.05) is 19.0 Å². The number of methoxy groups -OCH3 is 1. The smallest absolute Gasteiger partial charge is 0.262 e. The summed E-state index contributed by atoms with van der Waals surface area (Å²) in [5.41, 5.74) is 2.92. The molecule has 6 heteroatoms. The Morgan fingerprint density at radius 1 is 1.32 bits per heavy atom. The monoisotopic (exact) mass is 340 g/mol. The number of carbonyl (C=O) groups is 2. The molecule has 1 heterocycles. The van der Waals surface area contributed by atoms with Crippen molar-refractivity contribution in [3.05, 3.63) is 59.2 Å². The average Bonchev–Trinajstić information content (AvgIpc) is 2.61. The van der Waals surface area contributed by atoms with E-state index in [1.165, 1.54) is 0 Å². The first-order valence-corrected chi connectivity index (χ1v) is 8.03. The molecule has 2 aromatic carbocycles. The summed E-state index contributed by atoms with van der Waals surface area (Å²) in [6.07, 6.45) is 0. The number of amides is 2. The van der Waals surface area contributed by atoms with Crippen molar-refractivity contribution in [1.82, 2.24) is 5.32 Å². The molecular formula is C19H20N2O4. The van der Waals surface area contributed by atoms with Crippen molar-refractivity contribution in [2.24, 2.45) is 0 Å². The maximum atomic E-state index is 12.6. The zero-order chi connectivity index (χ0) is 17.8. The van der Waals surface area contributed by atoms with Gasteiger partial charge in [-0.1, -0.05) is 24.3 Å². The first kappa shape index (κ1) is 17.0. The number of hydrogen-bond donors (Lipinski definition) is 2. The van der Waals surface area contributed by atoms with E-state index in [0.717, 1.165) is 11.1 Å². The summed E-state index contributed by atoms with van der Waals surface area (Å²) >= 11 is 0. The van der Waals surface area contributed by atoms with E-state index in [9.17, 15) is 9.59 Å². The number of ether oxygens (including phenoxy) is 2. The molecule has 25 heavy (non-hydrogen) atoms. The van der Waals surface area contributed by atoms with Gasteiger partial charge in [-0.25, -0.2) is 0 Å². The van der Waals surface area contributed by atoms with Gasteiger partial charge in [-0.3, -0.25) is 9.59 Å². The Labute approximate surface area is 146 Å². The zero-order valence-corrected chi connectivity index (χ0v) is 14.2. The van der Waals surface area contributed by atoms with Gasteiger partial charge in [0.25, 0.3) is 11.8 Å². The highest BCUT2D eigenvalue weighted by molar-refractivity contribution is 5.96. The fraction of sp³-hybridized carbons (Fsp3) is 0.263. The van der Waals surface area contributed by atoms with Gasteiger partial charge in [-0.15, -0.1) is 0 Å². The molecule has 2 aromatic rings. The van der Waals surface area contributed by atoms with Crippen LogP contribution >= 0.6 is 0 Å². The Balaban J connectivity index is 1.76. The van der Waals surface area contributed by atoms with Crippen molar-refractivity contribution in [3.63, 3.8) is 0 Å². The maximum absolute atomic E-state index is 12.6. The molecule has 1 atom stereocenters. The Morgan fingerprint density at radius 2 is 2.12 bits per heavy atom. The summed E-state index contributed by atoms with van der Waals surface area (Å²) in [6, 6.07) is 12.6. The van der Waals surface area contributed by atoms with Gasteiger partial charge in [0.1, 0.15) is 5.75 Å². The molecule has 0 saturated heterocycles. The van der Waals surface area contributed by atoms with Crippen LogP contribution in [-0.2, 0) is 16.1 Å². The van der Waals surface area contributed by atoms with E-state index in [0.29, 0.717) is 23.6 Å². The minimum absolute atomic E-state index is 0.0227. The molecule has 0 spiro atoms. The van der Waals surface area contributed by atoms with Crippen molar-refractivity contribution in [2.45, 2.75) is 19.6 Å². The second-order valence-corrected chi connectivity index (χ2v) is 5.88. The molecule has 0 radical (unpaired) electrons. The Morgan fingerprint density at radius 3 is 2.92 bits per heavy atom. The first-order valence-electron chi connectivity index (χ1n) is 8.03. The molecule has 130 valence electrons. The highest BCUT2D eigenvalue weighted by atomic mass is 16.5. The van der Waals surface area contributed by atoms with E-state index >= 15 is 0 Å². The molecule has 2 N–H and O–H groups in total. The summed E-state index contributed by atoms with van der Waals surface area (Å²) in [7, 11) is 1.60. The predicted octanol–water partition coefficient (Wildman–Crippen LogP) is 2.65. The summed E-state index contributed by atoms with van der Waals surface area (Å²) < 4.78 is 10.5. The maximum Gasteiger partial charge on any atom is 0.262 e. The van der Waals surface area contributed by atoms with Crippen LogP contribution in [0.3, 0.4) is 0 Å².